The zero-order valence-corrected chi connectivity index (χ0v) is 15.9. The summed E-state index contributed by atoms with van der Waals surface area (Å²) in [4.78, 5) is 7.08. The maximum absolute atomic E-state index is 5.41. The van der Waals surface area contributed by atoms with Gasteiger partial charge in [0, 0.05) is 31.9 Å². The molecule has 5 nitrogen and oxygen atoms in total. The van der Waals surface area contributed by atoms with Gasteiger partial charge >= 0.3 is 0 Å². The number of ether oxygens (including phenoxy) is 1. The van der Waals surface area contributed by atoms with Crippen LogP contribution in [0, 0.1) is 0 Å². The third kappa shape index (κ3) is 7.34. The standard InChI is InChI=1S/C20H34N4O/c1-3-5-6-7-12-22-20(21-4-2)23-17-18-8-10-19(11-9-18)24-13-15-25-16-14-24/h8-11H,3-7,12-17H2,1-2H3,(H2,21,22,23). The van der Waals surface area contributed by atoms with Gasteiger partial charge in [0.2, 0.25) is 0 Å². The monoisotopic (exact) mass is 346 g/mol. The summed E-state index contributed by atoms with van der Waals surface area (Å²) in [6.07, 6.45) is 5.07. The second-order valence-corrected chi connectivity index (χ2v) is 6.45. The van der Waals surface area contributed by atoms with Gasteiger partial charge < -0.3 is 20.3 Å². The highest BCUT2D eigenvalue weighted by Crippen LogP contribution is 2.17. The largest absolute Gasteiger partial charge is 0.378 e. The van der Waals surface area contributed by atoms with Crippen LogP contribution in [0.4, 0.5) is 5.69 Å². The van der Waals surface area contributed by atoms with Crippen LogP contribution in [-0.4, -0.2) is 45.4 Å². The SMILES string of the molecule is CCCCCCNC(=NCc1ccc(N2CCOCC2)cc1)NCC. The number of rotatable bonds is 9. The van der Waals surface area contributed by atoms with Crippen LogP contribution < -0.4 is 15.5 Å². The predicted octanol–water partition coefficient (Wildman–Crippen LogP) is 3.16. The Morgan fingerprint density at radius 1 is 1.04 bits per heavy atom. The zero-order chi connectivity index (χ0) is 17.7. The summed E-state index contributed by atoms with van der Waals surface area (Å²) in [7, 11) is 0. The van der Waals surface area contributed by atoms with Crippen LogP contribution in [0.5, 0.6) is 0 Å². The Bertz CT molecular complexity index is 495. The van der Waals surface area contributed by atoms with E-state index in [9.17, 15) is 0 Å². The summed E-state index contributed by atoms with van der Waals surface area (Å²) >= 11 is 0. The van der Waals surface area contributed by atoms with E-state index in [2.05, 4.69) is 53.6 Å². The summed E-state index contributed by atoms with van der Waals surface area (Å²) in [5, 5.41) is 6.75. The van der Waals surface area contributed by atoms with Gasteiger partial charge in [-0.3, -0.25) is 0 Å². The molecule has 25 heavy (non-hydrogen) atoms. The molecule has 2 rings (SSSR count). The number of aliphatic imine (C=N–C) groups is 1. The van der Waals surface area contributed by atoms with E-state index >= 15 is 0 Å². The highest BCUT2D eigenvalue weighted by Gasteiger charge is 2.10. The van der Waals surface area contributed by atoms with Gasteiger partial charge in [0.25, 0.3) is 0 Å². The van der Waals surface area contributed by atoms with E-state index in [-0.39, 0.29) is 0 Å². The van der Waals surface area contributed by atoms with Crippen LogP contribution in [0.3, 0.4) is 0 Å². The highest BCUT2D eigenvalue weighted by molar-refractivity contribution is 5.79. The lowest BCUT2D eigenvalue weighted by Crippen LogP contribution is -2.37. The molecule has 0 bridgehead atoms. The molecule has 1 aromatic rings. The lowest BCUT2D eigenvalue weighted by molar-refractivity contribution is 0.122. The number of nitrogens with zero attached hydrogens (tertiary/aromatic N) is 2. The van der Waals surface area contributed by atoms with Crippen LogP contribution in [0.1, 0.15) is 45.1 Å². The van der Waals surface area contributed by atoms with Crippen molar-refractivity contribution in [3.05, 3.63) is 29.8 Å². The quantitative estimate of drug-likeness (QED) is 0.410. The normalized spacial score (nSPS) is 15.3. The molecule has 1 aliphatic rings. The summed E-state index contributed by atoms with van der Waals surface area (Å²) in [6, 6.07) is 8.75. The molecule has 140 valence electrons. The molecule has 0 atom stereocenters. The fourth-order valence-corrected chi connectivity index (χ4v) is 2.90. The summed E-state index contributed by atoms with van der Waals surface area (Å²) in [5.74, 6) is 0.913. The van der Waals surface area contributed by atoms with Crippen molar-refractivity contribution in [1.82, 2.24) is 10.6 Å². The van der Waals surface area contributed by atoms with Gasteiger partial charge in [0.15, 0.2) is 5.96 Å². The Kier molecular flexibility index (Phi) is 9.19. The molecular weight excluding hydrogens is 312 g/mol. The first kappa shape index (κ1) is 19.6. The van der Waals surface area contributed by atoms with Gasteiger partial charge in [-0.2, -0.15) is 0 Å². The van der Waals surface area contributed by atoms with Crippen LogP contribution in [0.2, 0.25) is 0 Å². The molecule has 1 saturated heterocycles. The number of nitrogens with one attached hydrogen (secondary N) is 2. The highest BCUT2D eigenvalue weighted by atomic mass is 16.5. The lowest BCUT2D eigenvalue weighted by atomic mass is 10.2. The second kappa shape index (κ2) is 11.7. The molecule has 0 aromatic heterocycles. The zero-order valence-electron chi connectivity index (χ0n) is 15.9. The van der Waals surface area contributed by atoms with Crippen molar-refractivity contribution in [2.75, 3.05) is 44.3 Å². The Hall–Kier alpha value is -1.75. The first-order chi connectivity index (χ1) is 12.3. The second-order valence-electron chi connectivity index (χ2n) is 6.45. The van der Waals surface area contributed by atoms with Crippen molar-refractivity contribution >= 4 is 11.6 Å². The molecule has 5 heteroatoms. The number of anilines is 1. The minimum Gasteiger partial charge on any atom is -0.378 e. The molecule has 0 radical (unpaired) electrons. The van der Waals surface area contributed by atoms with Gasteiger partial charge in [0.05, 0.1) is 19.8 Å². The maximum Gasteiger partial charge on any atom is 0.191 e. The smallest absolute Gasteiger partial charge is 0.191 e. The maximum atomic E-state index is 5.41. The van der Waals surface area contributed by atoms with Crippen LogP contribution in [-0.2, 0) is 11.3 Å². The van der Waals surface area contributed by atoms with E-state index in [0.717, 1.165) is 45.4 Å². The summed E-state index contributed by atoms with van der Waals surface area (Å²) in [5.41, 5.74) is 2.51. The number of guanidine groups is 1. The molecule has 0 unspecified atom stereocenters. The molecule has 1 heterocycles. The molecular formula is C20H34N4O. The average Bonchev–Trinajstić information content (AvgIpc) is 2.67. The molecule has 0 spiro atoms. The minimum absolute atomic E-state index is 0.702. The molecule has 1 fully saturated rings. The van der Waals surface area contributed by atoms with Gasteiger partial charge in [-0.05, 0) is 31.0 Å². The molecule has 1 aliphatic heterocycles. The number of unbranched alkanes of at least 4 members (excludes halogenated alkanes) is 3. The minimum atomic E-state index is 0.702. The van der Waals surface area contributed by atoms with Crippen molar-refractivity contribution < 1.29 is 4.74 Å². The van der Waals surface area contributed by atoms with Crippen molar-refractivity contribution in [2.24, 2.45) is 4.99 Å². The third-order valence-electron chi connectivity index (χ3n) is 4.40. The molecule has 0 amide bonds. The fraction of sp³-hybridized carbons (Fsp3) is 0.650. The first-order valence-corrected chi connectivity index (χ1v) is 9.77. The molecule has 2 N–H and O–H groups in total. The number of hydrogen-bond donors (Lipinski definition) is 2. The summed E-state index contributed by atoms with van der Waals surface area (Å²) in [6.45, 7) is 10.5. The molecule has 0 aliphatic carbocycles. The van der Waals surface area contributed by atoms with Crippen molar-refractivity contribution in [2.45, 2.75) is 46.1 Å². The fourth-order valence-electron chi connectivity index (χ4n) is 2.90. The Morgan fingerprint density at radius 3 is 2.48 bits per heavy atom. The van der Waals surface area contributed by atoms with Crippen molar-refractivity contribution in [3.8, 4) is 0 Å². The first-order valence-electron chi connectivity index (χ1n) is 9.77. The summed E-state index contributed by atoms with van der Waals surface area (Å²) < 4.78 is 5.41. The van der Waals surface area contributed by atoms with Crippen molar-refractivity contribution in [3.63, 3.8) is 0 Å². The Morgan fingerprint density at radius 2 is 1.80 bits per heavy atom. The van der Waals surface area contributed by atoms with Crippen LogP contribution >= 0.6 is 0 Å². The van der Waals surface area contributed by atoms with E-state index < -0.39 is 0 Å². The van der Waals surface area contributed by atoms with E-state index in [1.165, 1.54) is 36.9 Å². The van der Waals surface area contributed by atoms with Gasteiger partial charge in [-0.25, -0.2) is 4.99 Å². The average molecular weight is 347 g/mol. The number of morpholine rings is 1. The van der Waals surface area contributed by atoms with Gasteiger partial charge in [0.1, 0.15) is 0 Å². The van der Waals surface area contributed by atoms with Crippen LogP contribution in [0.25, 0.3) is 0 Å². The molecule has 0 saturated carbocycles. The van der Waals surface area contributed by atoms with E-state index in [1.807, 2.05) is 0 Å². The van der Waals surface area contributed by atoms with E-state index in [0.29, 0.717) is 6.54 Å². The van der Waals surface area contributed by atoms with Crippen LogP contribution in [0.15, 0.2) is 29.3 Å². The predicted molar refractivity (Wildman–Crippen MR) is 106 cm³/mol. The third-order valence-corrected chi connectivity index (χ3v) is 4.40. The topological polar surface area (TPSA) is 48.9 Å². The Labute approximate surface area is 152 Å². The van der Waals surface area contributed by atoms with E-state index in [1.54, 1.807) is 0 Å². The van der Waals surface area contributed by atoms with Gasteiger partial charge in [-0.1, -0.05) is 38.3 Å². The number of hydrogen-bond acceptors (Lipinski definition) is 3. The molecule has 1 aromatic carbocycles. The number of benzene rings is 1. The van der Waals surface area contributed by atoms with Crippen molar-refractivity contribution in [1.29, 1.82) is 0 Å². The van der Waals surface area contributed by atoms with Gasteiger partial charge in [-0.15, -0.1) is 0 Å². The Balaban J connectivity index is 1.81. The van der Waals surface area contributed by atoms with E-state index in [4.69, 9.17) is 9.73 Å². The lowest BCUT2D eigenvalue weighted by Gasteiger charge is -2.28.